The number of aliphatic hydroxyl groups excluding tert-OH is 1. The number of nitrogens with one attached hydrogen (secondary N) is 1. The van der Waals surface area contributed by atoms with Crippen molar-refractivity contribution in [1.82, 2.24) is 9.88 Å². The average molecular weight is 354 g/mol. The van der Waals surface area contributed by atoms with Crippen LogP contribution in [0.4, 0.5) is 13.2 Å². The van der Waals surface area contributed by atoms with Crippen molar-refractivity contribution in [1.29, 1.82) is 0 Å². The van der Waals surface area contributed by atoms with Gasteiger partial charge in [0.1, 0.15) is 0 Å². The van der Waals surface area contributed by atoms with Crippen molar-refractivity contribution in [3.8, 4) is 0 Å². The molecule has 2 N–H and O–H groups in total. The summed E-state index contributed by atoms with van der Waals surface area (Å²) in [6.45, 7) is 0.332. The molecule has 4 nitrogen and oxygen atoms in total. The maximum absolute atomic E-state index is 12.5. The Morgan fingerprint density at radius 1 is 1.24 bits per heavy atom. The van der Waals surface area contributed by atoms with Gasteiger partial charge < -0.3 is 15.0 Å². The molecule has 0 aliphatic carbocycles. The zero-order valence-electron chi connectivity index (χ0n) is 13.9. The highest BCUT2D eigenvalue weighted by Crippen LogP contribution is 2.29. The highest BCUT2D eigenvalue weighted by molar-refractivity contribution is 5.76. The lowest BCUT2D eigenvalue weighted by Gasteiger charge is -2.12. The van der Waals surface area contributed by atoms with Gasteiger partial charge in [-0.25, -0.2) is 0 Å². The summed E-state index contributed by atoms with van der Waals surface area (Å²) in [5.41, 5.74) is 0.751. The van der Waals surface area contributed by atoms with Crippen LogP contribution >= 0.6 is 0 Å². The number of alkyl halides is 3. The van der Waals surface area contributed by atoms with E-state index in [9.17, 15) is 23.1 Å². The van der Waals surface area contributed by atoms with Crippen LogP contribution in [-0.4, -0.2) is 22.1 Å². The lowest BCUT2D eigenvalue weighted by atomic mass is 10.1. The second-order valence-electron chi connectivity index (χ2n) is 5.89. The van der Waals surface area contributed by atoms with E-state index in [0.717, 1.165) is 17.8 Å². The van der Waals surface area contributed by atoms with Crippen LogP contribution in [0.15, 0.2) is 42.6 Å². The van der Waals surface area contributed by atoms with E-state index in [4.69, 9.17) is 0 Å². The highest BCUT2D eigenvalue weighted by atomic mass is 19.4. The number of nitrogens with zero attached hydrogens (tertiary/aromatic N) is 1. The molecule has 1 aromatic heterocycles. The first-order valence-corrected chi connectivity index (χ1v) is 7.99. The molecule has 0 saturated heterocycles. The van der Waals surface area contributed by atoms with E-state index in [2.05, 4.69) is 5.32 Å². The molecule has 25 heavy (non-hydrogen) atoms. The fourth-order valence-corrected chi connectivity index (χ4v) is 2.52. The van der Waals surface area contributed by atoms with Crippen LogP contribution in [0.1, 0.15) is 35.8 Å². The topological polar surface area (TPSA) is 54.3 Å². The van der Waals surface area contributed by atoms with E-state index in [-0.39, 0.29) is 12.3 Å². The molecule has 1 atom stereocenters. The van der Waals surface area contributed by atoms with Crippen molar-refractivity contribution in [2.75, 3.05) is 6.54 Å². The van der Waals surface area contributed by atoms with Gasteiger partial charge in [-0.2, -0.15) is 13.2 Å². The normalized spacial score (nSPS) is 12.8. The molecule has 2 aromatic rings. The number of aromatic nitrogens is 1. The molecule has 0 saturated carbocycles. The van der Waals surface area contributed by atoms with Gasteiger partial charge in [-0.15, -0.1) is 0 Å². The number of aliphatic hydroxyl groups is 1. The summed E-state index contributed by atoms with van der Waals surface area (Å²) in [6, 6.07) is 8.45. The monoisotopic (exact) mass is 354 g/mol. The largest absolute Gasteiger partial charge is 0.416 e. The third-order valence-corrected chi connectivity index (χ3v) is 3.99. The fourth-order valence-electron chi connectivity index (χ4n) is 2.52. The minimum Gasteiger partial charge on any atom is -0.387 e. The number of carbonyl (C=O) groups excluding carboxylic acids is 1. The molecule has 0 bridgehead atoms. The lowest BCUT2D eigenvalue weighted by Crippen LogP contribution is -2.26. The van der Waals surface area contributed by atoms with E-state index in [1.807, 2.05) is 29.9 Å². The molecule has 7 heteroatoms. The molecule has 0 aliphatic rings. The van der Waals surface area contributed by atoms with Crippen LogP contribution in [0, 0.1) is 0 Å². The first kappa shape index (κ1) is 19.1. The average Bonchev–Trinajstić information content (AvgIpc) is 2.98. The van der Waals surface area contributed by atoms with Gasteiger partial charge in [0.2, 0.25) is 5.91 Å². The number of aryl methyl sites for hydroxylation is 2. The van der Waals surface area contributed by atoms with Crippen molar-refractivity contribution in [3.63, 3.8) is 0 Å². The first-order chi connectivity index (χ1) is 11.8. The highest BCUT2D eigenvalue weighted by Gasteiger charge is 2.29. The van der Waals surface area contributed by atoms with Gasteiger partial charge in [0.25, 0.3) is 0 Å². The molecular formula is C18H21F3N2O2. The van der Waals surface area contributed by atoms with Crippen molar-refractivity contribution < 1.29 is 23.1 Å². The molecule has 2 rings (SSSR count). The molecule has 0 fully saturated rings. The Hall–Kier alpha value is -2.28. The van der Waals surface area contributed by atoms with Crippen molar-refractivity contribution in [2.45, 2.75) is 31.5 Å². The minimum atomic E-state index is -4.35. The fraction of sp³-hybridized carbons (Fsp3) is 0.389. The van der Waals surface area contributed by atoms with Crippen molar-refractivity contribution in [3.05, 3.63) is 59.4 Å². The maximum atomic E-state index is 12.5. The number of amides is 1. The van der Waals surface area contributed by atoms with Gasteiger partial charge in [-0.05, 0) is 42.7 Å². The zero-order valence-corrected chi connectivity index (χ0v) is 13.9. The van der Waals surface area contributed by atoms with Crippen molar-refractivity contribution >= 4 is 5.91 Å². The summed E-state index contributed by atoms with van der Waals surface area (Å²) in [6.07, 6.45) is -2.23. The molecule has 0 aliphatic heterocycles. The summed E-state index contributed by atoms with van der Waals surface area (Å²) >= 11 is 0. The number of benzene rings is 1. The van der Waals surface area contributed by atoms with Crippen LogP contribution in [-0.2, 0) is 24.4 Å². The molecule has 0 radical (unpaired) electrons. The standard InChI is InChI=1S/C18H21F3N2O2/c1-23-12-2-3-15(23)16(24)10-11-22-17(25)9-6-13-4-7-14(8-5-13)18(19,20)21/h2-5,7-8,12,16,24H,6,9-11H2,1H3,(H,22,25)/t16-/m0/s1. The summed E-state index contributed by atoms with van der Waals surface area (Å²) < 4.78 is 39.3. The Kier molecular flexibility index (Phi) is 6.25. The summed E-state index contributed by atoms with van der Waals surface area (Å²) in [5, 5.41) is 12.8. The van der Waals surface area contributed by atoms with Crippen LogP contribution in [0.3, 0.4) is 0 Å². The van der Waals surface area contributed by atoms with E-state index >= 15 is 0 Å². The molecule has 136 valence electrons. The SMILES string of the molecule is Cn1cccc1[C@@H](O)CCNC(=O)CCc1ccc(C(F)(F)F)cc1. The lowest BCUT2D eigenvalue weighted by molar-refractivity contribution is -0.137. The van der Waals surface area contributed by atoms with E-state index in [1.165, 1.54) is 12.1 Å². The van der Waals surface area contributed by atoms with Gasteiger partial charge in [0.15, 0.2) is 0 Å². The van der Waals surface area contributed by atoms with E-state index in [0.29, 0.717) is 24.9 Å². The van der Waals surface area contributed by atoms with Gasteiger partial charge in [-0.1, -0.05) is 12.1 Å². The number of hydrogen-bond donors (Lipinski definition) is 2. The predicted octanol–water partition coefficient (Wildman–Crippen LogP) is 3.22. The van der Waals surface area contributed by atoms with Crippen molar-refractivity contribution in [2.24, 2.45) is 7.05 Å². The van der Waals surface area contributed by atoms with Crippen LogP contribution < -0.4 is 5.32 Å². The molecule has 1 aromatic carbocycles. The Labute approximate surface area is 144 Å². The van der Waals surface area contributed by atoms with Gasteiger partial charge in [0, 0.05) is 31.9 Å². The molecule has 1 heterocycles. The molecule has 0 spiro atoms. The van der Waals surface area contributed by atoms with E-state index < -0.39 is 17.8 Å². The Morgan fingerprint density at radius 2 is 1.92 bits per heavy atom. The number of rotatable bonds is 7. The number of hydrogen-bond acceptors (Lipinski definition) is 2. The zero-order chi connectivity index (χ0) is 18.4. The quantitative estimate of drug-likeness (QED) is 0.802. The smallest absolute Gasteiger partial charge is 0.387 e. The van der Waals surface area contributed by atoms with Gasteiger partial charge in [-0.3, -0.25) is 4.79 Å². The first-order valence-electron chi connectivity index (χ1n) is 7.99. The Morgan fingerprint density at radius 3 is 2.48 bits per heavy atom. The summed E-state index contributed by atoms with van der Waals surface area (Å²) in [4.78, 5) is 11.8. The molecule has 1 amide bonds. The second-order valence-corrected chi connectivity index (χ2v) is 5.89. The second kappa shape index (κ2) is 8.20. The van der Waals surface area contributed by atoms with Crippen LogP contribution in [0.2, 0.25) is 0 Å². The molecular weight excluding hydrogens is 333 g/mol. The number of carbonyl (C=O) groups is 1. The number of halogens is 3. The Bertz CT molecular complexity index is 693. The maximum Gasteiger partial charge on any atom is 0.416 e. The third kappa shape index (κ3) is 5.63. The van der Waals surface area contributed by atoms with E-state index in [1.54, 1.807) is 0 Å². The van der Waals surface area contributed by atoms with Crippen LogP contribution in [0.5, 0.6) is 0 Å². The van der Waals surface area contributed by atoms with Gasteiger partial charge in [0.05, 0.1) is 11.7 Å². The summed E-state index contributed by atoms with van der Waals surface area (Å²) in [5.74, 6) is -0.195. The van der Waals surface area contributed by atoms with Gasteiger partial charge >= 0.3 is 6.18 Å². The summed E-state index contributed by atoms with van der Waals surface area (Å²) in [7, 11) is 1.83. The Balaban J connectivity index is 1.71. The molecule has 0 unspecified atom stereocenters. The third-order valence-electron chi connectivity index (χ3n) is 3.99. The minimum absolute atomic E-state index is 0.186. The van der Waals surface area contributed by atoms with Crippen LogP contribution in [0.25, 0.3) is 0 Å². The predicted molar refractivity (Wildman–Crippen MR) is 87.8 cm³/mol.